The van der Waals surface area contributed by atoms with Crippen molar-refractivity contribution in [1.29, 1.82) is 5.26 Å². The van der Waals surface area contributed by atoms with Gasteiger partial charge in [0.1, 0.15) is 0 Å². The molecular weight excluding hydrogens is 422 g/mol. The molecule has 2 aliphatic heterocycles. The summed E-state index contributed by atoms with van der Waals surface area (Å²) in [5.41, 5.74) is 2.48. The number of methoxy groups -OCH3 is 2. The maximum atomic E-state index is 13.0. The number of amides is 1. The van der Waals surface area contributed by atoms with E-state index in [0.717, 1.165) is 16.3 Å². The molecule has 0 aliphatic carbocycles. The van der Waals surface area contributed by atoms with Gasteiger partial charge in [-0.15, -0.1) is 0 Å². The Hall–Kier alpha value is -2.82. The standard InChI is InChI=1S/C22H20ClN3O3S/c1-28-19-8-7-16(9-20(19)29-2)25-12-26-21(27)10-17(14-3-5-15(23)6-4-14)18(11-24)22(26)30-13-25/h3-9,17H,10,12-13H2,1-2H3/t17-/m1/s1. The van der Waals surface area contributed by atoms with E-state index in [1.54, 1.807) is 31.3 Å². The van der Waals surface area contributed by atoms with Gasteiger partial charge < -0.3 is 14.4 Å². The highest BCUT2D eigenvalue weighted by molar-refractivity contribution is 8.03. The molecule has 2 aromatic rings. The van der Waals surface area contributed by atoms with Gasteiger partial charge >= 0.3 is 0 Å². The molecule has 1 amide bonds. The molecule has 1 saturated heterocycles. The minimum absolute atomic E-state index is 0.00151. The third-order valence-corrected chi connectivity index (χ3v) is 6.70. The van der Waals surface area contributed by atoms with Crippen molar-refractivity contribution in [3.63, 3.8) is 0 Å². The second-order valence-corrected chi connectivity index (χ2v) is 8.32. The molecule has 0 radical (unpaired) electrons. The number of nitrogens with zero attached hydrogens (tertiary/aromatic N) is 3. The van der Waals surface area contributed by atoms with E-state index in [1.807, 2.05) is 30.3 Å². The van der Waals surface area contributed by atoms with Gasteiger partial charge in [-0.2, -0.15) is 5.26 Å². The maximum absolute atomic E-state index is 13.0. The molecule has 0 bridgehead atoms. The lowest BCUT2D eigenvalue weighted by Crippen LogP contribution is -2.47. The third-order valence-electron chi connectivity index (χ3n) is 5.30. The van der Waals surface area contributed by atoms with Crippen LogP contribution >= 0.6 is 23.4 Å². The molecule has 2 aliphatic rings. The van der Waals surface area contributed by atoms with Gasteiger partial charge in [-0.3, -0.25) is 9.69 Å². The van der Waals surface area contributed by atoms with Crippen molar-refractivity contribution in [1.82, 2.24) is 4.90 Å². The fraction of sp³-hybridized carbons (Fsp3) is 0.273. The number of carbonyl (C=O) groups is 1. The topological polar surface area (TPSA) is 65.8 Å². The number of fused-ring (bicyclic) bond motifs is 1. The number of hydrogen-bond donors (Lipinski definition) is 0. The van der Waals surface area contributed by atoms with E-state index >= 15 is 0 Å². The molecule has 8 heteroatoms. The number of halogens is 1. The van der Waals surface area contributed by atoms with Crippen LogP contribution in [0.25, 0.3) is 0 Å². The summed E-state index contributed by atoms with van der Waals surface area (Å²) < 4.78 is 10.7. The van der Waals surface area contributed by atoms with Crippen molar-refractivity contribution in [3.05, 3.63) is 63.7 Å². The van der Waals surface area contributed by atoms with Gasteiger partial charge in [0.2, 0.25) is 5.91 Å². The monoisotopic (exact) mass is 441 g/mol. The number of hydrogen-bond acceptors (Lipinski definition) is 6. The molecule has 1 fully saturated rings. The Labute approximate surface area is 184 Å². The lowest BCUT2D eigenvalue weighted by atomic mass is 9.86. The molecule has 0 unspecified atom stereocenters. The molecule has 2 aromatic carbocycles. The highest BCUT2D eigenvalue weighted by Gasteiger charge is 2.38. The number of ether oxygens (including phenoxy) is 2. The summed E-state index contributed by atoms with van der Waals surface area (Å²) in [5.74, 6) is 1.66. The van der Waals surface area contributed by atoms with Crippen LogP contribution in [0, 0.1) is 11.3 Å². The predicted molar refractivity (Wildman–Crippen MR) is 118 cm³/mol. The van der Waals surface area contributed by atoms with Gasteiger partial charge in [0, 0.05) is 29.1 Å². The van der Waals surface area contributed by atoms with E-state index in [4.69, 9.17) is 21.1 Å². The van der Waals surface area contributed by atoms with Crippen LogP contribution in [0.1, 0.15) is 17.9 Å². The number of rotatable bonds is 4. The second kappa shape index (κ2) is 8.50. The summed E-state index contributed by atoms with van der Waals surface area (Å²) in [6, 6.07) is 15.4. The number of thioether (sulfide) groups is 1. The predicted octanol–water partition coefficient (Wildman–Crippen LogP) is 4.58. The van der Waals surface area contributed by atoms with E-state index in [-0.39, 0.29) is 18.2 Å². The van der Waals surface area contributed by atoms with E-state index in [0.29, 0.717) is 34.6 Å². The molecule has 0 spiro atoms. The van der Waals surface area contributed by atoms with Gasteiger partial charge in [-0.05, 0) is 29.8 Å². The van der Waals surface area contributed by atoms with Crippen molar-refractivity contribution in [2.75, 3.05) is 31.7 Å². The fourth-order valence-corrected chi connectivity index (χ4v) is 5.02. The Morgan fingerprint density at radius 3 is 2.53 bits per heavy atom. The van der Waals surface area contributed by atoms with Crippen LogP contribution in [0.5, 0.6) is 11.5 Å². The van der Waals surface area contributed by atoms with Crippen molar-refractivity contribution < 1.29 is 14.3 Å². The molecule has 6 nitrogen and oxygen atoms in total. The molecule has 4 rings (SSSR count). The highest BCUT2D eigenvalue weighted by atomic mass is 35.5. The van der Waals surface area contributed by atoms with Crippen LogP contribution in [0.3, 0.4) is 0 Å². The molecule has 0 aromatic heterocycles. The lowest BCUT2D eigenvalue weighted by molar-refractivity contribution is -0.129. The van der Waals surface area contributed by atoms with Gasteiger partial charge in [-0.25, -0.2) is 0 Å². The minimum atomic E-state index is -0.244. The number of nitriles is 1. The third kappa shape index (κ3) is 3.69. The largest absolute Gasteiger partial charge is 0.493 e. The van der Waals surface area contributed by atoms with Gasteiger partial charge in [0.15, 0.2) is 11.5 Å². The Morgan fingerprint density at radius 2 is 1.87 bits per heavy atom. The number of benzene rings is 2. The second-order valence-electron chi connectivity index (χ2n) is 6.95. The molecule has 2 heterocycles. The summed E-state index contributed by atoms with van der Waals surface area (Å²) in [7, 11) is 3.19. The minimum Gasteiger partial charge on any atom is -0.493 e. The zero-order valence-corrected chi connectivity index (χ0v) is 18.2. The first-order valence-corrected chi connectivity index (χ1v) is 10.7. The normalized spacial score (nSPS) is 18.7. The summed E-state index contributed by atoms with van der Waals surface area (Å²) in [6.07, 6.45) is 0.258. The van der Waals surface area contributed by atoms with Crippen LogP contribution in [-0.4, -0.2) is 37.6 Å². The molecule has 154 valence electrons. The summed E-state index contributed by atoms with van der Waals surface area (Å²) >= 11 is 7.50. The summed E-state index contributed by atoms with van der Waals surface area (Å²) in [5, 5.41) is 11.3. The molecule has 30 heavy (non-hydrogen) atoms. The van der Waals surface area contributed by atoms with E-state index in [9.17, 15) is 10.1 Å². The highest BCUT2D eigenvalue weighted by Crippen LogP contribution is 2.44. The van der Waals surface area contributed by atoms with Gasteiger partial charge in [0.05, 0.1) is 43.4 Å². The van der Waals surface area contributed by atoms with Crippen molar-refractivity contribution in [2.45, 2.75) is 12.3 Å². The zero-order valence-electron chi connectivity index (χ0n) is 16.6. The van der Waals surface area contributed by atoms with Crippen LogP contribution in [0.4, 0.5) is 5.69 Å². The Bertz CT molecular complexity index is 1050. The Morgan fingerprint density at radius 1 is 1.13 bits per heavy atom. The van der Waals surface area contributed by atoms with Crippen LogP contribution in [-0.2, 0) is 4.79 Å². The summed E-state index contributed by atoms with van der Waals surface area (Å²) in [4.78, 5) is 16.8. The van der Waals surface area contributed by atoms with Gasteiger partial charge in [-0.1, -0.05) is 35.5 Å². The Kier molecular flexibility index (Phi) is 5.80. The number of carbonyl (C=O) groups excluding carboxylic acids is 1. The van der Waals surface area contributed by atoms with Crippen molar-refractivity contribution in [2.24, 2.45) is 0 Å². The number of allylic oxidation sites excluding steroid dienone is 1. The molecule has 0 N–H and O–H groups in total. The number of anilines is 1. The first kappa shape index (κ1) is 20.5. The first-order chi connectivity index (χ1) is 14.5. The van der Waals surface area contributed by atoms with E-state index in [1.165, 1.54) is 11.8 Å². The van der Waals surface area contributed by atoms with Crippen LogP contribution < -0.4 is 14.4 Å². The fourth-order valence-electron chi connectivity index (χ4n) is 3.73. The van der Waals surface area contributed by atoms with E-state index < -0.39 is 0 Å². The van der Waals surface area contributed by atoms with Crippen molar-refractivity contribution in [3.8, 4) is 17.6 Å². The quantitative estimate of drug-likeness (QED) is 0.692. The molecule has 0 saturated carbocycles. The zero-order chi connectivity index (χ0) is 21.3. The average Bonchev–Trinajstić information content (AvgIpc) is 2.78. The summed E-state index contributed by atoms with van der Waals surface area (Å²) in [6.45, 7) is 0.384. The first-order valence-electron chi connectivity index (χ1n) is 9.35. The average molecular weight is 442 g/mol. The van der Waals surface area contributed by atoms with Crippen LogP contribution in [0.2, 0.25) is 5.02 Å². The SMILES string of the molecule is COc1ccc(N2CSC3=C(C#N)[C@@H](c4ccc(Cl)cc4)CC(=O)N3C2)cc1OC. The maximum Gasteiger partial charge on any atom is 0.229 e. The molecule has 1 atom stereocenters. The van der Waals surface area contributed by atoms with Gasteiger partial charge in [0.25, 0.3) is 0 Å². The van der Waals surface area contributed by atoms with E-state index in [2.05, 4.69) is 11.0 Å². The van der Waals surface area contributed by atoms with Crippen molar-refractivity contribution >= 4 is 35.0 Å². The van der Waals surface area contributed by atoms with Crippen LogP contribution in [0.15, 0.2) is 53.1 Å². The smallest absolute Gasteiger partial charge is 0.229 e. The lowest BCUT2D eigenvalue weighted by Gasteiger charge is -2.42. The molecular formula is C22H20ClN3O3S. The Balaban J connectivity index is 1.64.